The van der Waals surface area contributed by atoms with Gasteiger partial charge in [-0.1, -0.05) is 6.07 Å². The summed E-state index contributed by atoms with van der Waals surface area (Å²) in [5.41, 5.74) is 6.52. The molecule has 0 saturated heterocycles. The first-order chi connectivity index (χ1) is 6.11. The number of rotatable bonds is 0. The van der Waals surface area contributed by atoms with Crippen LogP contribution in [0.4, 0.5) is 0 Å². The van der Waals surface area contributed by atoms with Gasteiger partial charge >= 0.3 is 0 Å². The molecular formula is C12H16O. The Morgan fingerprint density at radius 3 is 2.62 bits per heavy atom. The SMILES string of the molecule is Cc1cc(C)c2c(c1C)C(O)CC2. The van der Waals surface area contributed by atoms with E-state index in [1.807, 2.05) is 0 Å². The van der Waals surface area contributed by atoms with Gasteiger partial charge in [0.1, 0.15) is 0 Å². The molecule has 2 rings (SSSR count). The standard InChI is InChI=1S/C12H16O/c1-7-6-8(2)10-4-5-11(13)12(10)9(7)3/h6,11,13H,4-5H2,1-3H3. The molecule has 0 aliphatic heterocycles. The summed E-state index contributed by atoms with van der Waals surface area (Å²) >= 11 is 0. The fourth-order valence-electron chi connectivity index (χ4n) is 2.38. The summed E-state index contributed by atoms with van der Waals surface area (Å²) < 4.78 is 0. The first kappa shape index (κ1) is 8.76. The van der Waals surface area contributed by atoms with E-state index in [1.54, 1.807) is 0 Å². The lowest BCUT2D eigenvalue weighted by molar-refractivity contribution is 0.179. The minimum atomic E-state index is -0.214. The summed E-state index contributed by atoms with van der Waals surface area (Å²) in [4.78, 5) is 0. The van der Waals surface area contributed by atoms with Gasteiger partial charge in [0.25, 0.3) is 0 Å². The van der Waals surface area contributed by atoms with E-state index in [9.17, 15) is 5.11 Å². The highest BCUT2D eigenvalue weighted by atomic mass is 16.3. The van der Waals surface area contributed by atoms with E-state index in [0.29, 0.717) is 0 Å². The highest BCUT2D eigenvalue weighted by Gasteiger charge is 2.24. The first-order valence-corrected chi connectivity index (χ1v) is 4.89. The highest BCUT2D eigenvalue weighted by Crippen LogP contribution is 2.36. The summed E-state index contributed by atoms with van der Waals surface area (Å²) in [5, 5.41) is 9.81. The Hall–Kier alpha value is -0.820. The number of hydrogen-bond donors (Lipinski definition) is 1. The molecule has 70 valence electrons. The molecule has 1 heteroatoms. The van der Waals surface area contributed by atoms with Crippen molar-refractivity contribution in [2.24, 2.45) is 0 Å². The van der Waals surface area contributed by atoms with Gasteiger partial charge in [-0.3, -0.25) is 0 Å². The summed E-state index contributed by atoms with van der Waals surface area (Å²) in [5.74, 6) is 0. The molecule has 0 heterocycles. The molecule has 0 saturated carbocycles. The van der Waals surface area contributed by atoms with Gasteiger partial charge in [-0.2, -0.15) is 0 Å². The van der Waals surface area contributed by atoms with Crippen LogP contribution in [0, 0.1) is 20.8 Å². The van der Waals surface area contributed by atoms with Gasteiger partial charge in [0.2, 0.25) is 0 Å². The van der Waals surface area contributed by atoms with Crippen molar-refractivity contribution in [3.05, 3.63) is 33.9 Å². The maximum atomic E-state index is 9.81. The topological polar surface area (TPSA) is 20.2 Å². The Morgan fingerprint density at radius 1 is 1.23 bits per heavy atom. The fraction of sp³-hybridized carbons (Fsp3) is 0.500. The Bertz CT molecular complexity index is 353. The van der Waals surface area contributed by atoms with Crippen molar-refractivity contribution in [2.45, 2.75) is 39.7 Å². The molecule has 1 aliphatic carbocycles. The molecule has 13 heavy (non-hydrogen) atoms. The van der Waals surface area contributed by atoms with E-state index < -0.39 is 0 Å². The van der Waals surface area contributed by atoms with Crippen molar-refractivity contribution in [1.29, 1.82) is 0 Å². The third kappa shape index (κ3) is 1.19. The van der Waals surface area contributed by atoms with Gasteiger partial charge in [0, 0.05) is 0 Å². The fourth-order valence-corrected chi connectivity index (χ4v) is 2.38. The quantitative estimate of drug-likeness (QED) is 0.644. The second kappa shape index (κ2) is 2.85. The van der Waals surface area contributed by atoms with E-state index in [1.165, 1.54) is 27.8 Å². The molecular weight excluding hydrogens is 160 g/mol. The Labute approximate surface area is 79.4 Å². The lowest BCUT2D eigenvalue weighted by Gasteiger charge is -2.13. The summed E-state index contributed by atoms with van der Waals surface area (Å²) in [6.45, 7) is 6.37. The van der Waals surface area contributed by atoms with Crippen molar-refractivity contribution in [3.8, 4) is 0 Å². The molecule has 0 amide bonds. The van der Waals surface area contributed by atoms with Crippen molar-refractivity contribution in [1.82, 2.24) is 0 Å². The third-order valence-electron chi connectivity index (χ3n) is 3.23. The molecule has 0 spiro atoms. The zero-order chi connectivity index (χ0) is 9.59. The normalized spacial score (nSPS) is 20.5. The predicted molar refractivity (Wildman–Crippen MR) is 53.9 cm³/mol. The van der Waals surface area contributed by atoms with Crippen LogP contribution < -0.4 is 0 Å². The molecule has 1 aliphatic rings. The van der Waals surface area contributed by atoms with Crippen LogP contribution in [0.1, 0.15) is 40.3 Å². The van der Waals surface area contributed by atoms with E-state index in [2.05, 4.69) is 26.8 Å². The van der Waals surface area contributed by atoms with E-state index in [4.69, 9.17) is 0 Å². The second-order valence-electron chi connectivity index (χ2n) is 4.08. The smallest absolute Gasteiger partial charge is 0.0798 e. The Balaban J connectivity index is 2.70. The molecule has 0 radical (unpaired) electrons. The number of aliphatic hydroxyl groups is 1. The first-order valence-electron chi connectivity index (χ1n) is 4.89. The van der Waals surface area contributed by atoms with Crippen molar-refractivity contribution >= 4 is 0 Å². The largest absolute Gasteiger partial charge is 0.388 e. The average Bonchev–Trinajstić information content (AvgIpc) is 2.44. The van der Waals surface area contributed by atoms with Crippen LogP contribution in [0.3, 0.4) is 0 Å². The molecule has 1 atom stereocenters. The van der Waals surface area contributed by atoms with Crippen LogP contribution in [0.15, 0.2) is 6.07 Å². The molecule has 1 nitrogen and oxygen atoms in total. The van der Waals surface area contributed by atoms with Crippen LogP contribution in [-0.2, 0) is 6.42 Å². The van der Waals surface area contributed by atoms with Gasteiger partial charge in [-0.05, 0) is 61.4 Å². The van der Waals surface area contributed by atoms with Crippen LogP contribution in [0.25, 0.3) is 0 Å². The molecule has 0 bridgehead atoms. The zero-order valence-electron chi connectivity index (χ0n) is 8.52. The van der Waals surface area contributed by atoms with Gasteiger partial charge < -0.3 is 5.11 Å². The van der Waals surface area contributed by atoms with Gasteiger partial charge in [-0.25, -0.2) is 0 Å². The highest BCUT2D eigenvalue weighted by molar-refractivity contribution is 5.48. The summed E-state index contributed by atoms with van der Waals surface area (Å²) in [6.07, 6.45) is 1.73. The number of fused-ring (bicyclic) bond motifs is 1. The minimum Gasteiger partial charge on any atom is -0.388 e. The van der Waals surface area contributed by atoms with E-state index in [-0.39, 0.29) is 6.10 Å². The molecule has 1 N–H and O–H groups in total. The molecule has 1 aromatic carbocycles. The molecule has 0 fully saturated rings. The maximum absolute atomic E-state index is 9.81. The van der Waals surface area contributed by atoms with E-state index in [0.717, 1.165) is 12.8 Å². The summed E-state index contributed by atoms with van der Waals surface area (Å²) in [6, 6.07) is 2.23. The van der Waals surface area contributed by atoms with Crippen LogP contribution in [0.5, 0.6) is 0 Å². The number of aliphatic hydroxyl groups excluding tert-OH is 1. The third-order valence-corrected chi connectivity index (χ3v) is 3.23. The van der Waals surface area contributed by atoms with Gasteiger partial charge in [0.05, 0.1) is 6.10 Å². The summed E-state index contributed by atoms with van der Waals surface area (Å²) in [7, 11) is 0. The van der Waals surface area contributed by atoms with Crippen molar-refractivity contribution < 1.29 is 5.11 Å². The Morgan fingerprint density at radius 2 is 1.92 bits per heavy atom. The van der Waals surface area contributed by atoms with Crippen LogP contribution >= 0.6 is 0 Å². The predicted octanol–water partition coefficient (Wildman–Crippen LogP) is 2.59. The van der Waals surface area contributed by atoms with Crippen molar-refractivity contribution in [2.75, 3.05) is 0 Å². The molecule has 1 unspecified atom stereocenters. The number of aryl methyl sites for hydroxylation is 2. The second-order valence-corrected chi connectivity index (χ2v) is 4.08. The lowest BCUT2D eigenvalue weighted by Crippen LogP contribution is -1.98. The van der Waals surface area contributed by atoms with Gasteiger partial charge in [0.15, 0.2) is 0 Å². The molecule has 0 aromatic heterocycles. The zero-order valence-corrected chi connectivity index (χ0v) is 8.52. The number of benzene rings is 1. The number of hydrogen-bond acceptors (Lipinski definition) is 1. The minimum absolute atomic E-state index is 0.214. The van der Waals surface area contributed by atoms with Gasteiger partial charge in [-0.15, -0.1) is 0 Å². The van der Waals surface area contributed by atoms with Crippen LogP contribution in [-0.4, -0.2) is 5.11 Å². The average molecular weight is 176 g/mol. The van der Waals surface area contributed by atoms with Crippen molar-refractivity contribution in [3.63, 3.8) is 0 Å². The maximum Gasteiger partial charge on any atom is 0.0798 e. The van der Waals surface area contributed by atoms with Crippen LogP contribution in [0.2, 0.25) is 0 Å². The lowest BCUT2D eigenvalue weighted by atomic mass is 9.95. The monoisotopic (exact) mass is 176 g/mol. The Kier molecular flexibility index (Phi) is 1.92. The molecule has 1 aromatic rings. The van der Waals surface area contributed by atoms with E-state index >= 15 is 0 Å².